The molecule has 3 atom stereocenters. The molecule has 1 amide bonds. The number of aliphatic hydroxyl groups excluding tert-OH is 1. The lowest BCUT2D eigenvalue weighted by molar-refractivity contribution is -0.870. The van der Waals surface area contributed by atoms with Gasteiger partial charge in [0.1, 0.15) is 13.2 Å². The third kappa shape index (κ3) is 46.2. The lowest BCUT2D eigenvalue weighted by Crippen LogP contribution is -2.45. The molecule has 354 valence electrons. The van der Waals surface area contributed by atoms with Crippen LogP contribution < -0.4 is 10.2 Å². The maximum Gasteiger partial charge on any atom is 0.268 e. The quantitative estimate of drug-likeness (QED) is 0.0275. The molecule has 0 aromatic heterocycles. The Morgan fingerprint density at radius 2 is 0.937 bits per heavy atom. The molecule has 0 saturated carbocycles. The number of carbonyl (C=O) groups excluding carboxylic acids is 1. The van der Waals surface area contributed by atoms with Crippen LogP contribution in [0.15, 0.2) is 146 Å². The predicted molar refractivity (Wildman–Crippen MR) is 269 cm³/mol. The van der Waals surface area contributed by atoms with Crippen LogP contribution in [0.3, 0.4) is 0 Å². The second kappa shape index (κ2) is 43.6. The van der Waals surface area contributed by atoms with Crippen LogP contribution in [-0.4, -0.2) is 68.5 Å². The van der Waals surface area contributed by atoms with Crippen molar-refractivity contribution in [2.24, 2.45) is 0 Å². The van der Waals surface area contributed by atoms with Gasteiger partial charge in [-0.25, -0.2) is 0 Å². The Balaban J connectivity index is 4.35. The van der Waals surface area contributed by atoms with Crippen LogP contribution in [0.5, 0.6) is 0 Å². The molecule has 0 spiro atoms. The van der Waals surface area contributed by atoms with Gasteiger partial charge in [-0.05, 0) is 109 Å². The Morgan fingerprint density at radius 3 is 1.38 bits per heavy atom. The van der Waals surface area contributed by atoms with Crippen molar-refractivity contribution in [1.29, 1.82) is 0 Å². The summed E-state index contributed by atoms with van der Waals surface area (Å²) < 4.78 is 23.1. The minimum atomic E-state index is -4.62. The van der Waals surface area contributed by atoms with Crippen molar-refractivity contribution in [3.05, 3.63) is 146 Å². The normalized spacial score (nSPS) is 15.5. The first-order valence-corrected chi connectivity index (χ1v) is 25.2. The Bertz CT molecular complexity index is 1520. The van der Waals surface area contributed by atoms with Gasteiger partial charge in [-0.2, -0.15) is 0 Å². The highest BCUT2D eigenvalue weighted by Gasteiger charge is 2.23. The number of phosphoric acid groups is 1. The standard InChI is InChI=1S/C54H87N2O6P/c1-6-8-10-12-14-16-18-19-20-21-22-23-24-25-26-27-28-29-30-31-32-33-34-35-36-37-38-40-42-44-46-48-54(58)55-52(51-62-63(59,60)61-50-49-56(3,4)5)53(57)47-45-43-41-39-17-15-13-11-9-7-2/h8-11,14,16-17,19-20,22-23,25-26,28-29,31-32,34-35,37-39,45,47,52-53,57H,6-7,12-13,15,18,21,24,27,30,33,36,40-44,46,48-51H2,1-5H3,(H-,55,58,59,60)/b10-8-,11-9+,16-14-,20-19-,23-22-,26-25-,29-28-,32-31-,35-34-,38-37-,39-17+,47-45+. The number of allylic oxidation sites excluding steroid dienone is 23. The monoisotopic (exact) mass is 891 g/mol. The van der Waals surface area contributed by atoms with Crippen LogP contribution in [-0.2, 0) is 18.4 Å². The number of unbranched alkanes of at least 4 members (excludes halogenated alkanes) is 5. The Kier molecular flexibility index (Phi) is 41.1. The summed E-state index contributed by atoms with van der Waals surface area (Å²) in [5, 5.41) is 13.7. The number of phosphoric ester groups is 1. The average molecular weight is 891 g/mol. The number of nitrogens with zero attached hydrogens (tertiary/aromatic N) is 1. The fourth-order valence-electron chi connectivity index (χ4n) is 5.59. The maximum absolute atomic E-state index is 12.8. The van der Waals surface area contributed by atoms with E-state index < -0.39 is 26.6 Å². The molecule has 0 aliphatic heterocycles. The third-order valence-electron chi connectivity index (χ3n) is 9.27. The molecule has 0 aliphatic carbocycles. The molecule has 0 aliphatic rings. The van der Waals surface area contributed by atoms with Gasteiger partial charge in [0.05, 0.1) is 39.9 Å². The lowest BCUT2D eigenvalue weighted by atomic mass is 10.1. The lowest BCUT2D eigenvalue weighted by Gasteiger charge is -2.29. The molecule has 0 radical (unpaired) electrons. The number of rotatable bonds is 40. The van der Waals surface area contributed by atoms with Crippen LogP contribution in [0.1, 0.15) is 136 Å². The van der Waals surface area contributed by atoms with Crippen LogP contribution in [0.25, 0.3) is 0 Å². The number of quaternary nitrogens is 1. The summed E-state index contributed by atoms with van der Waals surface area (Å²) in [4.78, 5) is 25.3. The molecule has 8 nitrogen and oxygen atoms in total. The third-order valence-corrected chi connectivity index (χ3v) is 10.2. The van der Waals surface area contributed by atoms with Crippen LogP contribution in [0, 0.1) is 0 Å². The molecule has 2 N–H and O–H groups in total. The van der Waals surface area contributed by atoms with Gasteiger partial charge in [0.2, 0.25) is 5.91 Å². The van der Waals surface area contributed by atoms with E-state index in [1.165, 1.54) is 0 Å². The molecule has 9 heteroatoms. The fourth-order valence-corrected chi connectivity index (χ4v) is 6.31. The Morgan fingerprint density at radius 1 is 0.556 bits per heavy atom. The molecular formula is C54H87N2O6P. The zero-order valence-electron chi connectivity index (χ0n) is 40.0. The van der Waals surface area contributed by atoms with Gasteiger partial charge < -0.3 is 28.8 Å². The average Bonchev–Trinajstić information content (AvgIpc) is 3.24. The van der Waals surface area contributed by atoms with Crippen molar-refractivity contribution < 1.29 is 32.9 Å². The first-order valence-electron chi connectivity index (χ1n) is 23.7. The predicted octanol–water partition coefficient (Wildman–Crippen LogP) is 13.2. The summed E-state index contributed by atoms with van der Waals surface area (Å²) in [6.45, 7) is 4.30. The molecule has 0 fully saturated rings. The van der Waals surface area contributed by atoms with Crippen LogP contribution in [0.4, 0.5) is 0 Å². The van der Waals surface area contributed by atoms with Crippen molar-refractivity contribution in [2.45, 2.75) is 148 Å². The number of amides is 1. The van der Waals surface area contributed by atoms with E-state index in [9.17, 15) is 19.4 Å². The first kappa shape index (κ1) is 59.4. The SMILES string of the molecule is CC/C=C\C/C=C\C/C=C\C/C=C\C/C=C\C/C=C\C/C=C\C/C=C\C/C=C\CCCCCC(=O)NC(COP(=O)([O-])OCC[N+](C)(C)C)C(O)/C=C/CC/C=C/CC/C=C/CC. The molecule has 0 bridgehead atoms. The largest absolute Gasteiger partial charge is 0.756 e. The molecular weight excluding hydrogens is 804 g/mol. The second-order valence-electron chi connectivity index (χ2n) is 16.3. The van der Waals surface area contributed by atoms with Gasteiger partial charge in [-0.3, -0.25) is 9.36 Å². The van der Waals surface area contributed by atoms with Crippen molar-refractivity contribution in [3.8, 4) is 0 Å². The fraction of sp³-hybridized carbons (Fsp3) is 0.537. The molecule has 63 heavy (non-hydrogen) atoms. The number of hydrogen-bond acceptors (Lipinski definition) is 6. The Hall–Kier alpha value is -3.62. The summed E-state index contributed by atoms with van der Waals surface area (Å²) in [5.74, 6) is -0.255. The molecule has 0 heterocycles. The van der Waals surface area contributed by atoms with E-state index in [-0.39, 0.29) is 18.9 Å². The van der Waals surface area contributed by atoms with E-state index in [1.807, 2.05) is 27.2 Å². The number of aliphatic hydroxyl groups is 1. The van der Waals surface area contributed by atoms with E-state index in [0.29, 0.717) is 23.9 Å². The molecule has 0 aromatic rings. The van der Waals surface area contributed by atoms with Gasteiger partial charge in [-0.15, -0.1) is 0 Å². The Labute approximate surface area is 385 Å². The van der Waals surface area contributed by atoms with E-state index >= 15 is 0 Å². The molecule has 0 saturated heterocycles. The zero-order valence-corrected chi connectivity index (χ0v) is 40.8. The highest BCUT2D eigenvalue weighted by Crippen LogP contribution is 2.38. The van der Waals surface area contributed by atoms with Gasteiger partial charge in [-0.1, -0.05) is 166 Å². The maximum atomic E-state index is 12.8. The smallest absolute Gasteiger partial charge is 0.268 e. The minimum absolute atomic E-state index is 0.0253. The van der Waals surface area contributed by atoms with Gasteiger partial charge in [0.25, 0.3) is 7.82 Å². The molecule has 0 rings (SSSR count). The number of carbonyl (C=O) groups is 1. The summed E-state index contributed by atoms with van der Waals surface area (Å²) >= 11 is 0. The molecule has 0 aromatic carbocycles. The van der Waals surface area contributed by atoms with Gasteiger partial charge >= 0.3 is 0 Å². The highest BCUT2D eigenvalue weighted by atomic mass is 31.2. The van der Waals surface area contributed by atoms with Crippen molar-refractivity contribution >= 4 is 13.7 Å². The summed E-state index contributed by atoms with van der Waals surface area (Å²) in [7, 11) is 1.18. The highest BCUT2D eigenvalue weighted by molar-refractivity contribution is 7.45. The number of nitrogens with one attached hydrogen (secondary N) is 1. The van der Waals surface area contributed by atoms with Crippen molar-refractivity contribution in [1.82, 2.24) is 5.32 Å². The van der Waals surface area contributed by atoms with Crippen molar-refractivity contribution in [2.75, 3.05) is 40.9 Å². The molecule has 3 unspecified atom stereocenters. The van der Waals surface area contributed by atoms with E-state index in [4.69, 9.17) is 9.05 Å². The minimum Gasteiger partial charge on any atom is -0.756 e. The van der Waals surface area contributed by atoms with E-state index in [1.54, 1.807) is 6.08 Å². The number of likely N-dealkylation sites (N-methyl/N-ethyl adjacent to an activating group) is 1. The van der Waals surface area contributed by atoms with Crippen molar-refractivity contribution in [3.63, 3.8) is 0 Å². The van der Waals surface area contributed by atoms with Crippen LogP contribution >= 0.6 is 7.82 Å². The van der Waals surface area contributed by atoms with E-state index in [0.717, 1.165) is 103 Å². The summed E-state index contributed by atoms with van der Waals surface area (Å²) in [6.07, 6.45) is 67.8. The van der Waals surface area contributed by atoms with Gasteiger partial charge in [0.15, 0.2) is 0 Å². The summed E-state index contributed by atoms with van der Waals surface area (Å²) in [6, 6.07) is -0.937. The first-order chi connectivity index (χ1) is 30.5. The van der Waals surface area contributed by atoms with E-state index in [2.05, 4.69) is 153 Å². The number of hydrogen-bond donors (Lipinski definition) is 2. The summed E-state index contributed by atoms with van der Waals surface area (Å²) in [5.41, 5.74) is 0. The van der Waals surface area contributed by atoms with Gasteiger partial charge in [0, 0.05) is 6.42 Å². The topological polar surface area (TPSA) is 108 Å². The zero-order chi connectivity index (χ0) is 46.4. The second-order valence-corrected chi connectivity index (χ2v) is 17.7. The van der Waals surface area contributed by atoms with Crippen LogP contribution in [0.2, 0.25) is 0 Å².